The van der Waals surface area contributed by atoms with Crippen molar-refractivity contribution in [3.63, 3.8) is 0 Å². The van der Waals surface area contributed by atoms with Gasteiger partial charge in [0.2, 0.25) is 0 Å². The molecule has 0 aromatic rings. The zero-order chi connectivity index (χ0) is 9.33. The molecule has 0 spiro atoms. The molecule has 0 amide bonds. The van der Waals surface area contributed by atoms with Gasteiger partial charge in [-0.3, -0.25) is 0 Å². The lowest BCUT2D eigenvalue weighted by atomic mass is 10.6. The van der Waals surface area contributed by atoms with Gasteiger partial charge in [-0.25, -0.2) is 4.57 Å². The van der Waals surface area contributed by atoms with Crippen LogP contribution < -0.4 is 10.6 Å². The van der Waals surface area contributed by atoms with E-state index in [4.69, 9.17) is 19.2 Å². The van der Waals surface area contributed by atoms with E-state index >= 15 is 0 Å². The van der Waals surface area contributed by atoms with E-state index in [1.54, 1.807) is 0 Å². The van der Waals surface area contributed by atoms with Crippen molar-refractivity contribution >= 4 is 7.82 Å². The average molecular weight is 186 g/mol. The van der Waals surface area contributed by atoms with Crippen LogP contribution in [0.1, 0.15) is 0 Å². The summed E-state index contributed by atoms with van der Waals surface area (Å²) in [6.45, 7) is 2.10. The Labute approximate surface area is 65.9 Å². The molecule has 0 unspecified atom stereocenters. The van der Waals surface area contributed by atoms with Gasteiger partial charge in [-0.05, 0) is 14.1 Å². The van der Waals surface area contributed by atoms with Gasteiger partial charge in [-0.15, -0.1) is 0 Å². The van der Waals surface area contributed by atoms with E-state index in [9.17, 15) is 0 Å². The number of hydrogen-bond acceptors (Lipinski definition) is 3. The summed E-state index contributed by atoms with van der Waals surface area (Å²) in [6, 6.07) is 0. The van der Waals surface area contributed by atoms with E-state index in [-0.39, 0.29) is 0 Å². The molecule has 7 heteroatoms. The minimum absolute atomic E-state index is 1.05. The lowest BCUT2D eigenvalue weighted by Crippen LogP contribution is -2.21. The van der Waals surface area contributed by atoms with Crippen molar-refractivity contribution in [3.8, 4) is 0 Å². The van der Waals surface area contributed by atoms with Gasteiger partial charge in [0.1, 0.15) is 0 Å². The molecule has 0 aliphatic carbocycles. The van der Waals surface area contributed by atoms with Crippen LogP contribution in [-0.2, 0) is 4.57 Å². The molecule has 70 valence electrons. The van der Waals surface area contributed by atoms with Gasteiger partial charge in [0.05, 0.1) is 0 Å². The molecule has 0 atom stereocenters. The highest BCUT2D eigenvalue weighted by molar-refractivity contribution is 7.45. The predicted molar refractivity (Wildman–Crippen MR) is 42.1 cm³/mol. The van der Waals surface area contributed by atoms with Crippen molar-refractivity contribution in [1.29, 1.82) is 0 Å². The summed E-state index contributed by atoms with van der Waals surface area (Å²) >= 11 is 0. The molecule has 0 saturated heterocycles. The maximum atomic E-state index is 8.88. The van der Waals surface area contributed by atoms with Gasteiger partial charge < -0.3 is 25.3 Å². The molecule has 0 aliphatic rings. The third-order valence-corrected chi connectivity index (χ3v) is 0.625. The first-order valence-electron chi connectivity index (χ1n) is 2.99. The van der Waals surface area contributed by atoms with Crippen molar-refractivity contribution in [2.24, 2.45) is 0 Å². The quantitative estimate of drug-likeness (QED) is 0.271. The molecule has 0 radical (unpaired) electrons. The maximum Gasteiger partial charge on any atom is 0.466 e. The van der Waals surface area contributed by atoms with Crippen LogP contribution in [0.15, 0.2) is 0 Å². The summed E-state index contributed by atoms with van der Waals surface area (Å²) in [6.07, 6.45) is 0. The van der Waals surface area contributed by atoms with E-state index in [0.717, 1.165) is 13.1 Å². The standard InChI is InChI=1S/C4H12N2.H3O4P/c1-5-3-4-6-2;1-5(2,3)4/h5-6H,3-4H2,1-2H3;(H3,1,2,3,4). The summed E-state index contributed by atoms with van der Waals surface area (Å²) in [5.41, 5.74) is 0. The van der Waals surface area contributed by atoms with Crippen molar-refractivity contribution in [3.05, 3.63) is 0 Å². The summed E-state index contributed by atoms with van der Waals surface area (Å²) in [7, 11) is -0.755. The number of likely N-dealkylation sites (N-methyl/N-ethyl adjacent to an activating group) is 2. The van der Waals surface area contributed by atoms with Crippen molar-refractivity contribution in [1.82, 2.24) is 10.6 Å². The first-order valence-corrected chi connectivity index (χ1v) is 4.55. The summed E-state index contributed by atoms with van der Waals surface area (Å²) < 4.78 is 8.88. The van der Waals surface area contributed by atoms with Crippen LogP contribution in [0.2, 0.25) is 0 Å². The molecular formula is C4H15N2O4P. The molecule has 0 fully saturated rings. The molecule has 0 bridgehead atoms. The molecule has 0 saturated carbocycles. The van der Waals surface area contributed by atoms with E-state index in [1.165, 1.54) is 0 Å². The van der Waals surface area contributed by atoms with Gasteiger partial charge in [0.25, 0.3) is 0 Å². The predicted octanol–water partition coefficient (Wildman–Crippen LogP) is -1.50. The average Bonchev–Trinajstić information content (AvgIpc) is 1.79. The van der Waals surface area contributed by atoms with Crippen LogP contribution in [-0.4, -0.2) is 41.9 Å². The molecule has 0 aromatic carbocycles. The molecule has 5 N–H and O–H groups in total. The minimum atomic E-state index is -4.64. The second kappa shape index (κ2) is 8.13. The van der Waals surface area contributed by atoms with Crippen LogP contribution in [0.5, 0.6) is 0 Å². The lowest BCUT2D eigenvalue weighted by Gasteiger charge is -1.92. The summed E-state index contributed by atoms with van der Waals surface area (Å²) in [4.78, 5) is 21.6. The normalized spacial score (nSPS) is 10.3. The van der Waals surface area contributed by atoms with Crippen LogP contribution in [0.3, 0.4) is 0 Å². The zero-order valence-electron chi connectivity index (χ0n) is 6.61. The highest BCUT2D eigenvalue weighted by atomic mass is 31.2. The third kappa shape index (κ3) is 70.4. The Balaban J connectivity index is 0. The first kappa shape index (κ1) is 13.6. The van der Waals surface area contributed by atoms with Gasteiger partial charge >= 0.3 is 7.82 Å². The zero-order valence-corrected chi connectivity index (χ0v) is 7.51. The Kier molecular flexibility index (Phi) is 10.1. The van der Waals surface area contributed by atoms with Gasteiger partial charge in [-0.1, -0.05) is 0 Å². The highest BCUT2D eigenvalue weighted by Gasteiger charge is 2.00. The van der Waals surface area contributed by atoms with E-state index < -0.39 is 7.82 Å². The largest absolute Gasteiger partial charge is 0.466 e. The topological polar surface area (TPSA) is 102 Å². The van der Waals surface area contributed by atoms with Gasteiger partial charge in [0.15, 0.2) is 0 Å². The lowest BCUT2D eigenvalue weighted by molar-refractivity contribution is 0.275. The molecular weight excluding hydrogens is 171 g/mol. The number of phosphoric acid groups is 1. The first-order chi connectivity index (χ1) is 4.91. The smallest absolute Gasteiger partial charge is 0.318 e. The van der Waals surface area contributed by atoms with E-state index in [0.29, 0.717) is 0 Å². The van der Waals surface area contributed by atoms with Crippen molar-refractivity contribution in [2.45, 2.75) is 0 Å². The summed E-state index contributed by atoms with van der Waals surface area (Å²) in [5, 5.41) is 6.01. The summed E-state index contributed by atoms with van der Waals surface area (Å²) in [5.74, 6) is 0. The van der Waals surface area contributed by atoms with Gasteiger partial charge in [0, 0.05) is 13.1 Å². The van der Waals surface area contributed by atoms with Crippen LogP contribution in [0, 0.1) is 0 Å². The van der Waals surface area contributed by atoms with Crippen LogP contribution >= 0.6 is 7.82 Å². The van der Waals surface area contributed by atoms with Gasteiger partial charge in [-0.2, -0.15) is 0 Å². The molecule has 0 rings (SSSR count). The number of hydrogen-bond donors (Lipinski definition) is 5. The Morgan fingerprint density at radius 3 is 1.36 bits per heavy atom. The second-order valence-electron chi connectivity index (χ2n) is 1.72. The Hall–Kier alpha value is 0.0300. The molecule has 0 heterocycles. The molecule has 0 aliphatic heterocycles. The SMILES string of the molecule is CNCCNC.O=P(O)(O)O. The monoisotopic (exact) mass is 186 g/mol. The van der Waals surface area contributed by atoms with Crippen molar-refractivity contribution in [2.75, 3.05) is 27.2 Å². The number of rotatable bonds is 3. The second-order valence-corrected chi connectivity index (χ2v) is 2.75. The fourth-order valence-electron chi connectivity index (χ4n) is 0.250. The fraction of sp³-hybridized carbons (Fsp3) is 1.00. The number of nitrogens with one attached hydrogen (secondary N) is 2. The molecule has 0 aromatic heterocycles. The Morgan fingerprint density at radius 1 is 1.09 bits per heavy atom. The van der Waals surface area contributed by atoms with Crippen LogP contribution in [0.4, 0.5) is 0 Å². The van der Waals surface area contributed by atoms with Crippen molar-refractivity contribution < 1.29 is 19.2 Å². The maximum absolute atomic E-state index is 8.88. The molecule has 11 heavy (non-hydrogen) atoms. The fourth-order valence-corrected chi connectivity index (χ4v) is 0.250. The van der Waals surface area contributed by atoms with E-state index in [1.807, 2.05) is 14.1 Å². The Bertz CT molecular complexity index is 102. The highest BCUT2D eigenvalue weighted by Crippen LogP contribution is 2.25. The van der Waals surface area contributed by atoms with Crippen LogP contribution in [0.25, 0.3) is 0 Å². The molecule has 6 nitrogen and oxygen atoms in total. The van der Waals surface area contributed by atoms with E-state index in [2.05, 4.69) is 10.6 Å². The third-order valence-electron chi connectivity index (χ3n) is 0.625. The Morgan fingerprint density at radius 2 is 1.27 bits per heavy atom. The minimum Gasteiger partial charge on any atom is -0.318 e.